The van der Waals surface area contributed by atoms with Gasteiger partial charge in [-0.3, -0.25) is 18.8 Å². The highest BCUT2D eigenvalue weighted by atomic mass is 32.2. The van der Waals surface area contributed by atoms with Crippen molar-refractivity contribution in [2.45, 2.75) is 24.5 Å². The topological polar surface area (TPSA) is 98.0 Å². The molecule has 0 saturated carbocycles. The van der Waals surface area contributed by atoms with Crippen LogP contribution in [0.5, 0.6) is 0 Å². The lowest BCUT2D eigenvalue weighted by Crippen LogP contribution is -2.33. The molecule has 12 heteroatoms. The lowest BCUT2D eigenvalue weighted by molar-refractivity contribution is -0.137. The smallest absolute Gasteiger partial charge is 0.348 e. The Labute approximate surface area is 223 Å². The number of carbonyl (C=O) groups excluding carboxylic acids is 1. The molecule has 2 heterocycles. The van der Waals surface area contributed by atoms with Crippen LogP contribution in [0.4, 0.5) is 13.2 Å². The number of alkyl halides is 3. The van der Waals surface area contributed by atoms with E-state index >= 15 is 0 Å². The van der Waals surface area contributed by atoms with Crippen LogP contribution in [0.15, 0.2) is 76.6 Å². The van der Waals surface area contributed by atoms with Crippen molar-refractivity contribution in [2.24, 2.45) is 7.05 Å². The quantitative estimate of drug-likeness (QED) is 0.339. The van der Waals surface area contributed by atoms with Crippen LogP contribution >= 0.6 is 0 Å². The van der Waals surface area contributed by atoms with Crippen LogP contribution in [0.3, 0.4) is 0 Å². The number of aryl methyl sites for hydroxylation is 1. The van der Waals surface area contributed by atoms with Gasteiger partial charge in [-0.25, -0.2) is 8.93 Å². The summed E-state index contributed by atoms with van der Waals surface area (Å²) in [4.78, 5) is 27.3. The predicted octanol–water partition coefficient (Wildman–Crippen LogP) is 3.70. The maximum absolute atomic E-state index is 13.6. The predicted molar refractivity (Wildman–Crippen MR) is 144 cm³/mol. The van der Waals surface area contributed by atoms with Crippen LogP contribution in [0.1, 0.15) is 27.2 Å². The number of nitrogens with one attached hydrogen (secondary N) is 2. The Bertz CT molecular complexity index is 1710. The SMILES string of the molecule is C=S(=O)(NC)c1ccc(CNC(=O)c2cc(-c3ccnn3C)c(C)n(-c3cccc(C(F)(F)F)c3)c2=O)cc1. The number of amides is 1. The summed E-state index contributed by atoms with van der Waals surface area (Å²) in [7, 11) is 0.584. The molecular weight excluding hydrogens is 531 g/mol. The second-order valence-corrected chi connectivity index (χ2v) is 11.0. The lowest BCUT2D eigenvalue weighted by Gasteiger charge is -2.18. The molecule has 2 aromatic carbocycles. The van der Waals surface area contributed by atoms with Crippen molar-refractivity contribution in [1.29, 1.82) is 0 Å². The van der Waals surface area contributed by atoms with Gasteiger partial charge in [-0.2, -0.15) is 18.3 Å². The molecule has 204 valence electrons. The summed E-state index contributed by atoms with van der Waals surface area (Å²) in [5.74, 6) is 2.94. The summed E-state index contributed by atoms with van der Waals surface area (Å²) in [6.07, 6.45) is -3.08. The number of hydrogen-bond acceptors (Lipinski definition) is 4. The van der Waals surface area contributed by atoms with Crippen LogP contribution in [0.25, 0.3) is 16.9 Å². The summed E-state index contributed by atoms with van der Waals surface area (Å²) in [5, 5.41) is 6.83. The number of halogens is 3. The molecule has 0 saturated heterocycles. The van der Waals surface area contributed by atoms with Gasteiger partial charge < -0.3 is 5.32 Å². The first kappa shape index (κ1) is 27.9. The largest absolute Gasteiger partial charge is 0.416 e. The molecule has 1 unspecified atom stereocenters. The first-order valence-electron chi connectivity index (χ1n) is 11.7. The van der Waals surface area contributed by atoms with Gasteiger partial charge in [-0.05, 0) is 67.9 Å². The molecule has 0 aliphatic heterocycles. The fourth-order valence-electron chi connectivity index (χ4n) is 4.12. The van der Waals surface area contributed by atoms with Crippen LogP contribution in [-0.4, -0.2) is 37.4 Å². The van der Waals surface area contributed by atoms with Crippen LogP contribution < -0.4 is 15.6 Å². The molecule has 0 bridgehead atoms. The maximum Gasteiger partial charge on any atom is 0.416 e. The van der Waals surface area contributed by atoms with Crippen LogP contribution in [0.2, 0.25) is 0 Å². The standard InChI is InChI=1S/C27H26F3N5O3S/c1-17-22(24-12-13-33-34(24)3)15-23(26(37)35(17)20-7-5-6-19(14-20)27(28,29)30)25(36)32-16-18-8-10-21(11-9-18)39(4,38)31-2/h5-15H,4,16H2,1-3H3,(H,31,38)(H,32,36). The van der Waals surface area contributed by atoms with Gasteiger partial charge in [0.05, 0.1) is 21.0 Å². The number of hydrogen-bond donors (Lipinski definition) is 2. The number of nitrogens with zero attached hydrogens (tertiary/aromatic N) is 3. The van der Waals surface area contributed by atoms with Crippen molar-refractivity contribution in [3.05, 3.63) is 99.6 Å². The summed E-state index contributed by atoms with van der Waals surface area (Å²) in [5.41, 5.74) is 0.0848. The lowest BCUT2D eigenvalue weighted by atomic mass is 10.1. The van der Waals surface area contributed by atoms with Crippen molar-refractivity contribution in [3.63, 3.8) is 0 Å². The van der Waals surface area contributed by atoms with Gasteiger partial charge in [0.1, 0.15) is 5.56 Å². The zero-order valence-electron chi connectivity index (χ0n) is 21.4. The maximum atomic E-state index is 13.6. The van der Waals surface area contributed by atoms with Gasteiger partial charge in [0.15, 0.2) is 0 Å². The second kappa shape index (κ2) is 10.5. The molecule has 4 rings (SSSR count). The van der Waals surface area contributed by atoms with E-state index in [1.54, 1.807) is 44.3 Å². The number of benzene rings is 2. The summed E-state index contributed by atoms with van der Waals surface area (Å²) in [6, 6.07) is 14.1. The highest BCUT2D eigenvalue weighted by Gasteiger charge is 2.31. The Morgan fingerprint density at radius 2 is 1.79 bits per heavy atom. The van der Waals surface area contributed by atoms with E-state index in [0.29, 0.717) is 27.4 Å². The summed E-state index contributed by atoms with van der Waals surface area (Å²) < 4.78 is 58.0. The van der Waals surface area contributed by atoms with E-state index in [1.165, 1.54) is 36.1 Å². The Kier molecular flexibility index (Phi) is 7.53. The Balaban J connectivity index is 1.76. The average molecular weight is 558 g/mol. The first-order chi connectivity index (χ1) is 18.3. The summed E-state index contributed by atoms with van der Waals surface area (Å²) >= 11 is 0. The third-order valence-electron chi connectivity index (χ3n) is 6.31. The molecule has 0 spiro atoms. The number of aromatic nitrogens is 3. The zero-order chi connectivity index (χ0) is 28.5. The third kappa shape index (κ3) is 5.66. The molecule has 0 aliphatic carbocycles. The molecular formula is C27H26F3N5O3S. The molecule has 1 amide bonds. The van der Waals surface area contributed by atoms with E-state index in [2.05, 4.69) is 21.0 Å². The van der Waals surface area contributed by atoms with Gasteiger partial charge in [0.25, 0.3) is 11.5 Å². The van der Waals surface area contributed by atoms with E-state index in [1.807, 2.05) is 0 Å². The summed E-state index contributed by atoms with van der Waals surface area (Å²) in [6.45, 7) is 1.65. The number of rotatable bonds is 7. The van der Waals surface area contributed by atoms with Crippen molar-refractivity contribution < 1.29 is 22.2 Å². The monoisotopic (exact) mass is 557 g/mol. The second-order valence-electron chi connectivity index (χ2n) is 8.79. The Morgan fingerprint density at radius 1 is 1.10 bits per heavy atom. The fraction of sp³-hybridized carbons (Fsp3) is 0.185. The first-order valence-corrected chi connectivity index (χ1v) is 13.4. The zero-order valence-corrected chi connectivity index (χ0v) is 22.2. The van der Waals surface area contributed by atoms with Crippen molar-refractivity contribution in [1.82, 2.24) is 24.4 Å². The highest BCUT2D eigenvalue weighted by molar-refractivity contribution is 7.98. The van der Waals surface area contributed by atoms with Gasteiger partial charge >= 0.3 is 6.18 Å². The van der Waals surface area contributed by atoms with Crippen molar-refractivity contribution in [3.8, 4) is 16.9 Å². The van der Waals surface area contributed by atoms with Gasteiger partial charge in [-0.1, -0.05) is 18.2 Å². The molecule has 0 fully saturated rings. The van der Waals surface area contributed by atoms with Crippen molar-refractivity contribution in [2.75, 3.05) is 7.05 Å². The minimum absolute atomic E-state index is 0.0257. The van der Waals surface area contributed by atoms with Crippen molar-refractivity contribution >= 4 is 21.5 Å². The van der Waals surface area contributed by atoms with E-state index in [4.69, 9.17) is 0 Å². The van der Waals surface area contributed by atoms with Crippen LogP contribution in [-0.2, 0) is 29.5 Å². The van der Waals surface area contributed by atoms with E-state index < -0.39 is 32.9 Å². The minimum Gasteiger partial charge on any atom is -0.348 e. The average Bonchev–Trinajstić information content (AvgIpc) is 3.33. The fourth-order valence-corrected chi connectivity index (χ4v) is 4.93. The van der Waals surface area contributed by atoms with Gasteiger partial charge in [-0.15, -0.1) is 0 Å². The third-order valence-corrected chi connectivity index (χ3v) is 8.00. The van der Waals surface area contributed by atoms with E-state index in [0.717, 1.165) is 16.7 Å². The van der Waals surface area contributed by atoms with Gasteiger partial charge in [0.2, 0.25) is 0 Å². The Morgan fingerprint density at radius 3 is 2.38 bits per heavy atom. The Hall–Kier alpha value is -4.16. The number of carbonyl (C=O) groups is 1. The molecule has 1 atom stereocenters. The van der Waals surface area contributed by atoms with E-state index in [9.17, 15) is 27.0 Å². The van der Waals surface area contributed by atoms with Crippen LogP contribution in [0, 0.1) is 6.92 Å². The molecule has 39 heavy (non-hydrogen) atoms. The molecule has 4 aromatic rings. The normalized spacial score (nSPS) is 13.2. The molecule has 8 nitrogen and oxygen atoms in total. The molecule has 0 aliphatic rings. The highest BCUT2D eigenvalue weighted by Crippen LogP contribution is 2.31. The minimum atomic E-state index is -4.61. The molecule has 2 N–H and O–H groups in total. The number of pyridine rings is 1. The molecule has 0 radical (unpaired) electrons. The van der Waals surface area contributed by atoms with Gasteiger partial charge in [0, 0.05) is 41.6 Å². The molecule has 2 aromatic heterocycles. The van der Waals surface area contributed by atoms with E-state index in [-0.39, 0.29) is 17.8 Å².